The second-order valence-electron chi connectivity index (χ2n) is 2.87. The molecular weight excluding hydrogens is 212 g/mol. The second-order valence-corrected chi connectivity index (χ2v) is 5.08. The fourth-order valence-corrected chi connectivity index (χ4v) is 3.61. The highest BCUT2D eigenvalue weighted by Crippen LogP contribution is 2.48. The summed E-state index contributed by atoms with van der Waals surface area (Å²) in [5, 5.41) is 0. The number of hydrogen-bond donors (Lipinski definition) is 0. The zero-order chi connectivity index (χ0) is 9.38. The third kappa shape index (κ3) is 1.22. The number of nitrogens with zero attached hydrogens (tertiary/aromatic N) is 2. The van der Waals surface area contributed by atoms with Gasteiger partial charge in [-0.1, -0.05) is 21.6 Å². The number of fused-ring (bicyclic) bond motifs is 3. The summed E-state index contributed by atoms with van der Waals surface area (Å²) >= 11 is 0. The summed E-state index contributed by atoms with van der Waals surface area (Å²) in [4.78, 5) is 11.1. The van der Waals surface area contributed by atoms with Crippen molar-refractivity contribution in [2.24, 2.45) is 0 Å². The van der Waals surface area contributed by atoms with Gasteiger partial charge < -0.3 is 0 Å². The molecule has 4 heteroatoms. The Labute approximate surface area is 89.6 Å². The van der Waals surface area contributed by atoms with Crippen LogP contribution < -0.4 is 0 Å². The first-order valence-electron chi connectivity index (χ1n) is 4.20. The lowest BCUT2D eigenvalue weighted by molar-refractivity contribution is 1.15. The maximum atomic E-state index is 4.36. The van der Waals surface area contributed by atoms with E-state index in [1.165, 1.54) is 9.79 Å². The van der Waals surface area contributed by atoms with Crippen molar-refractivity contribution in [3.8, 4) is 11.4 Å². The lowest BCUT2D eigenvalue weighted by Gasteiger charge is -2.14. The van der Waals surface area contributed by atoms with Crippen molar-refractivity contribution in [1.82, 2.24) is 9.97 Å². The van der Waals surface area contributed by atoms with Gasteiger partial charge >= 0.3 is 0 Å². The number of pyridine rings is 2. The SMILES string of the molecule is c1cnc2c(c1)SSc1cccnc1-2. The van der Waals surface area contributed by atoms with Crippen molar-refractivity contribution in [3.05, 3.63) is 36.7 Å². The summed E-state index contributed by atoms with van der Waals surface area (Å²) in [6.07, 6.45) is 3.63. The molecule has 68 valence electrons. The van der Waals surface area contributed by atoms with Crippen molar-refractivity contribution >= 4 is 21.6 Å². The van der Waals surface area contributed by atoms with Gasteiger partial charge in [0.1, 0.15) is 11.4 Å². The second kappa shape index (κ2) is 3.29. The van der Waals surface area contributed by atoms with Crippen LogP contribution in [0.5, 0.6) is 0 Å². The molecule has 0 bridgehead atoms. The fourth-order valence-electron chi connectivity index (χ4n) is 1.36. The van der Waals surface area contributed by atoms with Gasteiger partial charge in [-0.05, 0) is 24.3 Å². The van der Waals surface area contributed by atoms with Gasteiger partial charge in [0.2, 0.25) is 0 Å². The highest BCUT2D eigenvalue weighted by atomic mass is 33.1. The first kappa shape index (κ1) is 8.32. The lowest BCUT2D eigenvalue weighted by atomic mass is 10.2. The lowest BCUT2D eigenvalue weighted by Crippen LogP contribution is -1.94. The Bertz CT molecular complexity index is 440. The van der Waals surface area contributed by atoms with Gasteiger partial charge in [0.15, 0.2) is 0 Å². The Balaban J connectivity index is 2.29. The molecule has 0 atom stereocenters. The van der Waals surface area contributed by atoms with Crippen LogP contribution in [0.3, 0.4) is 0 Å². The molecule has 1 aliphatic heterocycles. The van der Waals surface area contributed by atoms with Crippen molar-refractivity contribution in [2.75, 3.05) is 0 Å². The van der Waals surface area contributed by atoms with Crippen LogP contribution in [0.15, 0.2) is 46.5 Å². The van der Waals surface area contributed by atoms with E-state index in [-0.39, 0.29) is 0 Å². The van der Waals surface area contributed by atoms with Gasteiger partial charge in [-0.3, -0.25) is 9.97 Å². The Morgan fingerprint density at radius 3 is 1.79 bits per heavy atom. The number of hydrogen-bond acceptors (Lipinski definition) is 4. The Kier molecular flexibility index (Phi) is 1.96. The molecule has 0 radical (unpaired) electrons. The molecule has 0 aromatic carbocycles. The topological polar surface area (TPSA) is 25.8 Å². The molecule has 2 aromatic rings. The summed E-state index contributed by atoms with van der Waals surface area (Å²) in [5.74, 6) is 0. The van der Waals surface area contributed by atoms with E-state index in [1.54, 1.807) is 21.6 Å². The van der Waals surface area contributed by atoms with E-state index in [0.717, 1.165) is 11.4 Å². The van der Waals surface area contributed by atoms with Crippen LogP contribution >= 0.6 is 21.6 Å². The average molecular weight is 218 g/mol. The Morgan fingerprint density at radius 2 is 1.29 bits per heavy atom. The molecular formula is C10H6N2S2. The zero-order valence-electron chi connectivity index (χ0n) is 7.18. The molecule has 2 nitrogen and oxygen atoms in total. The Morgan fingerprint density at radius 1 is 0.786 bits per heavy atom. The minimum absolute atomic E-state index is 1.01. The van der Waals surface area contributed by atoms with E-state index in [1.807, 2.05) is 24.5 Å². The molecule has 0 saturated carbocycles. The van der Waals surface area contributed by atoms with Crippen LogP contribution in [0.25, 0.3) is 11.4 Å². The normalized spacial score (nSPS) is 13.1. The van der Waals surface area contributed by atoms with Gasteiger partial charge in [0.05, 0.1) is 0 Å². The van der Waals surface area contributed by atoms with Crippen LogP contribution in [0, 0.1) is 0 Å². The van der Waals surface area contributed by atoms with Crippen LogP contribution in [-0.4, -0.2) is 9.97 Å². The van der Waals surface area contributed by atoms with Crippen LogP contribution in [0.2, 0.25) is 0 Å². The molecule has 2 aromatic heterocycles. The van der Waals surface area contributed by atoms with Crippen LogP contribution in [0.4, 0.5) is 0 Å². The molecule has 14 heavy (non-hydrogen) atoms. The molecule has 0 fully saturated rings. The maximum absolute atomic E-state index is 4.36. The van der Waals surface area contributed by atoms with E-state index in [2.05, 4.69) is 22.1 Å². The van der Waals surface area contributed by atoms with Gasteiger partial charge in [-0.25, -0.2) is 0 Å². The fraction of sp³-hybridized carbons (Fsp3) is 0. The summed E-state index contributed by atoms with van der Waals surface area (Å²) in [5.41, 5.74) is 2.01. The molecule has 3 rings (SSSR count). The van der Waals surface area contributed by atoms with Crippen molar-refractivity contribution in [2.45, 2.75) is 9.79 Å². The quantitative estimate of drug-likeness (QED) is 0.634. The molecule has 0 N–H and O–H groups in total. The first-order valence-corrected chi connectivity index (χ1v) is 6.35. The molecule has 0 unspecified atom stereocenters. The minimum atomic E-state index is 1.01. The van der Waals surface area contributed by atoms with Gasteiger partial charge in [0.25, 0.3) is 0 Å². The molecule has 3 heterocycles. The summed E-state index contributed by atoms with van der Waals surface area (Å²) < 4.78 is 0. The van der Waals surface area contributed by atoms with E-state index >= 15 is 0 Å². The van der Waals surface area contributed by atoms with Gasteiger partial charge in [-0.15, -0.1) is 0 Å². The summed E-state index contributed by atoms with van der Waals surface area (Å²) in [6.45, 7) is 0. The number of aromatic nitrogens is 2. The maximum Gasteiger partial charge on any atom is 0.104 e. The molecule has 0 spiro atoms. The van der Waals surface area contributed by atoms with E-state index in [0.29, 0.717) is 0 Å². The predicted octanol–water partition coefficient (Wildman–Crippen LogP) is 3.26. The van der Waals surface area contributed by atoms with Gasteiger partial charge in [-0.2, -0.15) is 0 Å². The number of rotatable bonds is 0. The summed E-state index contributed by atoms with van der Waals surface area (Å²) in [7, 11) is 3.49. The van der Waals surface area contributed by atoms with Crippen LogP contribution in [-0.2, 0) is 0 Å². The average Bonchev–Trinajstić information content (AvgIpc) is 2.29. The third-order valence-electron chi connectivity index (χ3n) is 1.99. The van der Waals surface area contributed by atoms with Crippen molar-refractivity contribution in [1.29, 1.82) is 0 Å². The zero-order valence-corrected chi connectivity index (χ0v) is 8.81. The molecule has 0 saturated heterocycles. The highest BCUT2D eigenvalue weighted by Gasteiger charge is 2.18. The first-order chi connectivity index (χ1) is 6.95. The van der Waals surface area contributed by atoms with Crippen LogP contribution in [0.1, 0.15) is 0 Å². The van der Waals surface area contributed by atoms with E-state index < -0.39 is 0 Å². The van der Waals surface area contributed by atoms with E-state index in [4.69, 9.17) is 0 Å². The molecule has 1 aliphatic rings. The largest absolute Gasteiger partial charge is 0.253 e. The minimum Gasteiger partial charge on any atom is -0.253 e. The van der Waals surface area contributed by atoms with E-state index in [9.17, 15) is 0 Å². The smallest absolute Gasteiger partial charge is 0.104 e. The molecule has 0 amide bonds. The molecule has 0 aliphatic carbocycles. The predicted molar refractivity (Wildman–Crippen MR) is 59.2 cm³/mol. The van der Waals surface area contributed by atoms with Crippen molar-refractivity contribution in [3.63, 3.8) is 0 Å². The highest BCUT2D eigenvalue weighted by molar-refractivity contribution is 8.76. The van der Waals surface area contributed by atoms with Crippen molar-refractivity contribution < 1.29 is 0 Å². The third-order valence-corrected chi connectivity index (χ3v) is 4.42. The monoisotopic (exact) mass is 218 g/mol. The van der Waals surface area contributed by atoms with Gasteiger partial charge in [0, 0.05) is 22.2 Å². The Hall–Kier alpha value is -1.00. The summed E-state index contributed by atoms with van der Waals surface area (Å²) in [6, 6.07) is 8.08. The standard InChI is InChI=1S/C10H6N2S2/c1-3-7-9(11-5-1)10-8(14-13-7)4-2-6-12-10/h1-6H.